The Bertz CT molecular complexity index is 558. The van der Waals surface area contributed by atoms with Crippen LogP contribution in [0.15, 0.2) is 18.3 Å². The van der Waals surface area contributed by atoms with Gasteiger partial charge in [0.1, 0.15) is 11.4 Å². The van der Waals surface area contributed by atoms with Crippen molar-refractivity contribution in [3.8, 4) is 5.75 Å². The first-order valence-electron chi connectivity index (χ1n) is 9.18. The van der Waals surface area contributed by atoms with E-state index >= 15 is 0 Å². The summed E-state index contributed by atoms with van der Waals surface area (Å²) in [5.74, 6) is 0.877. The summed E-state index contributed by atoms with van der Waals surface area (Å²) in [5, 5.41) is 10.3. The predicted octanol–water partition coefficient (Wildman–Crippen LogP) is 3.02. The van der Waals surface area contributed by atoms with E-state index in [1.807, 2.05) is 18.7 Å². The van der Waals surface area contributed by atoms with Gasteiger partial charge in [0.15, 0.2) is 0 Å². The Morgan fingerprint density at radius 1 is 1.25 bits per heavy atom. The van der Waals surface area contributed by atoms with Crippen LogP contribution in [0.25, 0.3) is 0 Å². The van der Waals surface area contributed by atoms with Crippen LogP contribution < -0.4 is 4.74 Å². The van der Waals surface area contributed by atoms with Gasteiger partial charge >= 0.3 is 0 Å². The van der Waals surface area contributed by atoms with Crippen LogP contribution in [0.4, 0.5) is 0 Å². The molecule has 2 fully saturated rings. The van der Waals surface area contributed by atoms with E-state index in [1.165, 1.54) is 0 Å². The molecule has 2 aliphatic rings. The lowest BCUT2D eigenvalue weighted by Gasteiger charge is -2.37. The minimum Gasteiger partial charge on any atom is -0.489 e. The molecule has 3 atom stereocenters. The van der Waals surface area contributed by atoms with Crippen LogP contribution in [0.3, 0.4) is 0 Å². The van der Waals surface area contributed by atoms with Gasteiger partial charge in [-0.2, -0.15) is 0 Å². The van der Waals surface area contributed by atoms with Crippen LogP contribution in [0, 0.1) is 5.92 Å². The number of ether oxygens (including phenoxy) is 1. The third-order valence-electron chi connectivity index (χ3n) is 5.16. The highest BCUT2D eigenvalue weighted by molar-refractivity contribution is 5.92. The predicted molar refractivity (Wildman–Crippen MR) is 92.0 cm³/mol. The normalized spacial score (nSPS) is 27.5. The molecule has 5 nitrogen and oxygen atoms in total. The van der Waals surface area contributed by atoms with E-state index in [9.17, 15) is 9.90 Å². The SMILES string of the molecule is CC(C)Oc1ccc(C(=O)N2CCC[C@@H]2[C@@H]2CCCC[C@@H]2O)nc1. The molecule has 0 spiro atoms. The summed E-state index contributed by atoms with van der Waals surface area (Å²) in [4.78, 5) is 19.1. The molecular weight excluding hydrogens is 304 g/mol. The van der Waals surface area contributed by atoms with E-state index in [0.717, 1.165) is 45.1 Å². The minimum absolute atomic E-state index is 0.0219. The number of nitrogens with zero attached hydrogens (tertiary/aromatic N) is 2. The van der Waals surface area contributed by atoms with E-state index in [4.69, 9.17) is 4.74 Å². The van der Waals surface area contributed by atoms with Crippen LogP contribution in [-0.4, -0.2) is 45.7 Å². The van der Waals surface area contributed by atoms with E-state index in [0.29, 0.717) is 11.4 Å². The highest BCUT2D eigenvalue weighted by atomic mass is 16.5. The van der Waals surface area contributed by atoms with Crippen LogP contribution in [0.2, 0.25) is 0 Å². The highest BCUT2D eigenvalue weighted by Gasteiger charge is 2.39. The quantitative estimate of drug-likeness (QED) is 0.920. The molecule has 1 aromatic heterocycles. The zero-order valence-corrected chi connectivity index (χ0v) is 14.6. The lowest BCUT2D eigenvalue weighted by Crippen LogP contribution is -2.45. The first-order chi connectivity index (χ1) is 11.6. The second kappa shape index (κ2) is 7.51. The molecule has 132 valence electrons. The van der Waals surface area contributed by atoms with Crippen molar-refractivity contribution in [2.45, 2.75) is 70.6 Å². The molecule has 0 bridgehead atoms. The maximum Gasteiger partial charge on any atom is 0.272 e. The van der Waals surface area contributed by atoms with Crippen LogP contribution in [-0.2, 0) is 0 Å². The Morgan fingerprint density at radius 3 is 2.71 bits per heavy atom. The van der Waals surface area contributed by atoms with Gasteiger partial charge < -0.3 is 14.7 Å². The van der Waals surface area contributed by atoms with Gasteiger partial charge in [-0.25, -0.2) is 4.98 Å². The van der Waals surface area contributed by atoms with Gasteiger partial charge in [0.05, 0.1) is 18.4 Å². The van der Waals surface area contributed by atoms with Crippen LogP contribution in [0.1, 0.15) is 62.9 Å². The van der Waals surface area contributed by atoms with Gasteiger partial charge in [-0.15, -0.1) is 0 Å². The standard InChI is InChI=1S/C19H28N2O3/c1-13(2)24-14-9-10-16(20-12-14)19(23)21-11-5-7-17(21)15-6-3-4-8-18(15)22/h9-10,12-13,15,17-18,22H,3-8,11H2,1-2H3/t15-,17+,18-/m0/s1. The fourth-order valence-corrected chi connectivity index (χ4v) is 4.07. The molecule has 1 saturated heterocycles. The Hall–Kier alpha value is -1.62. The molecule has 2 heterocycles. The Balaban J connectivity index is 1.71. The Morgan fingerprint density at radius 2 is 2.04 bits per heavy atom. The minimum atomic E-state index is -0.271. The third kappa shape index (κ3) is 3.72. The summed E-state index contributed by atoms with van der Waals surface area (Å²) in [6.45, 7) is 4.69. The molecule has 1 aliphatic carbocycles. The molecule has 1 aromatic rings. The molecular formula is C19H28N2O3. The number of pyridine rings is 1. The number of rotatable bonds is 4. The zero-order chi connectivity index (χ0) is 17.1. The summed E-state index contributed by atoms with van der Waals surface area (Å²) >= 11 is 0. The number of hydrogen-bond donors (Lipinski definition) is 1. The molecule has 1 N–H and O–H groups in total. The fraction of sp³-hybridized carbons (Fsp3) is 0.684. The number of aliphatic hydroxyl groups is 1. The lowest BCUT2D eigenvalue weighted by atomic mass is 9.80. The number of likely N-dealkylation sites (tertiary alicyclic amines) is 1. The van der Waals surface area contributed by atoms with Gasteiger partial charge in [-0.1, -0.05) is 12.8 Å². The molecule has 0 unspecified atom stereocenters. The summed E-state index contributed by atoms with van der Waals surface area (Å²) < 4.78 is 5.58. The second-order valence-corrected chi connectivity index (χ2v) is 7.27. The van der Waals surface area contributed by atoms with Gasteiger partial charge in [0.2, 0.25) is 0 Å². The molecule has 1 saturated carbocycles. The van der Waals surface area contributed by atoms with Crippen molar-refractivity contribution in [1.82, 2.24) is 9.88 Å². The van der Waals surface area contributed by atoms with Gasteiger partial charge in [0.25, 0.3) is 5.91 Å². The van der Waals surface area contributed by atoms with Gasteiger partial charge in [-0.05, 0) is 51.7 Å². The maximum atomic E-state index is 12.9. The highest BCUT2D eigenvalue weighted by Crippen LogP contribution is 2.35. The number of hydrogen-bond acceptors (Lipinski definition) is 4. The molecule has 0 aromatic carbocycles. The first-order valence-corrected chi connectivity index (χ1v) is 9.18. The van der Waals surface area contributed by atoms with E-state index < -0.39 is 0 Å². The van der Waals surface area contributed by atoms with Gasteiger partial charge in [0, 0.05) is 18.5 Å². The number of carbonyl (C=O) groups is 1. The van der Waals surface area contributed by atoms with Gasteiger partial charge in [-0.3, -0.25) is 4.79 Å². The molecule has 0 radical (unpaired) electrons. The van der Waals surface area contributed by atoms with Crippen LogP contribution >= 0.6 is 0 Å². The summed E-state index contributed by atoms with van der Waals surface area (Å²) in [6, 6.07) is 3.70. The van der Waals surface area contributed by atoms with Crippen molar-refractivity contribution < 1.29 is 14.6 Å². The largest absolute Gasteiger partial charge is 0.489 e. The van der Waals surface area contributed by atoms with Crippen molar-refractivity contribution in [3.05, 3.63) is 24.0 Å². The van der Waals surface area contributed by atoms with Crippen molar-refractivity contribution >= 4 is 5.91 Å². The number of aliphatic hydroxyl groups excluding tert-OH is 1. The lowest BCUT2D eigenvalue weighted by molar-refractivity contribution is 0.0209. The van der Waals surface area contributed by atoms with Crippen LogP contribution in [0.5, 0.6) is 5.75 Å². The molecule has 5 heteroatoms. The number of carbonyl (C=O) groups excluding carboxylic acids is 1. The monoisotopic (exact) mass is 332 g/mol. The van der Waals surface area contributed by atoms with Crippen molar-refractivity contribution in [3.63, 3.8) is 0 Å². The van der Waals surface area contributed by atoms with Crippen molar-refractivity contribution in [1.29, 1.82) is 0 Å². The van der Waals surface area contributed by atoms with Crippen molar-refractivity contribution in [2.24, 2.45) is 5.92 Å². The molecule has 1 amide bonds. The fourth-order valence-electron chi connectivity index (χ4n) is 4.07. The number of amides is 1. The summed E-state index contributed by atoms with van der Waals surface area (Å²) in [7, 11) is 0. The molecule has 1 aliphatic heterocycles. The average Bonchev–Trinajstić information content (AvgIpc) is 3.04. The smallest absolute Gasteiger partial charge is 0.272 e. The number of aromatic nitrogens is 1. The van der Waals surface area contributed by atoms with E-state index in [2.05, 4.69) is 4.98 Å². The second-order valence-electron chi connectivity index (χ2n) is 7.27. The Kier molecular flexibility index (Phi) is 5.39. The topological polar surface area (TPSA) is 62.7 Å². The maximum absolute atomic E-state index is 12.9. The van der Waals surface area contributed by atoms with Crippen molar-refractivity contribution in [2.75, 3.05) is 6.54 Å². The van der Waals surface area contributed by atoms with E-state index in [-0.39, 0.29) is 30.1 Å². The zero-order valence-electron chi connectivity index (χ0n) is 14.6. The molecule has 24 heavy (non-hydrogen) atoms. The Labute approximate surface area is 144 Å². The summed E-state index contributed by atoms with van der Waals surface area (Å²) in [6.07, 6.45) is 7.56. The molecule has 3 rings (SSSR count). The average molecular weight is 332 g/mol. The third-order valence-corrected chi connectivity index (χ3v) is 5.16. The van der Waals surface area contributed by atoms with E-state index in [1.54, 1.807) is 18.3 Å². The first kappa shape index (κ1) is 17.2. The summed E-state index contributed by atoms with van der Waals surface area (Å²) in [5.41, 5.74) is 0.461.